The highest BCUT2D eigenvalue weighted by atomic mass is 19.1. The van der Waals surface area contributed by atoms with Crippen LogP contribution in [0.5, 0.6) is 0 Å². The second kappa shape index (κ2) is 8.90. The predicted octanol–water partition coefficient (Wildman–Crippen LogP) is 1.54. The molecule has 0 aliphatic heterocycles. The van der Waals surface area contributed by atoms with Gasteiger partial charge in [-0.2, -0.15) is 0 Å². The summed E-state index contributed by atoms with van der Waals surface area (Å²) in [6.07, 6.45) is 1.14. The standard InChI is InChI=1S/C14H20FN3O2/c1-2-8-16-13(19)7-9-17-14(20)18-10-11-3-5-12(15)6-4-11/h3-6H,2,7-10H2,1H3,(H,16,19)(H2,17,18,20). The van der Waals surface area contributed by atoms with Gasteiger partial charge in [-0.25, -0.2) is 9.18 Å². The number of halogens is 1. The van der Waals surface area contributed by atoms with Gasteiger partial charge in [0.05, 0.1) is 0 Å². The Hall–Kier alpha value is -2.11. The minimum absolute atomic E-state index is 0.0781. The number of carbonyl (C=O) groups is 2. The molecule has 0 saturated heterocycles. The number of benzene rings is 1. The summed E-state index contributed by atoms with van der Waals surface area (Å²) in [7, 11) is 0. The number of rotatable bonds is 7. The van der Waals surface area contributed by atoms with Crippen LogP contribution in [0, 0.1) is 5.82 Å². The molecule has 0 unspecified atom stereocenters. The topological polar surface area (TPSA) is 70.2 Å². The fraction of sp³-hybridized carbons (Fsp3) is 0.429. The first-order valence-corrected chi connectivity index (χ1v) is 6.64. The molecule has 0 fully saturated rings. The normalized spacial score (nSPS) is 9.90. The molecule has 0 aromatic heterocycles. The van der Waals surface area contributed by atoms with Crippen molar-refractivity contribution in [2.75, 3.05) is 13.1 Å². The molecule has 1 aromatic carbocycles. The highest BCUT2D eigenvalue weighted by Gasteiger charge is 2.03. The molecule has 6 heteroatoms. The number of carbonyl (C=O) groups excluding carboxylic acids is 2. The molecule has 0 saturated carbocycles. The summed E-state index contributed by atoms with van der Waals surface area (Å²) in [5.74, 6) is -0.387. The summed E-state index contributed by atoms with van der Waals surface area (Å²) in [5.41, 5.74) is 0.808. The van der Waals surface area contributed by atoms with Crippen molar-refractivity contribution in [2.24, 2.45) is 0 Å². The van der Waals surface area contributed by atoms with Crippen molar-refractivity contribution in [3.05, 3.63) is 35.6 Å². The molecule has 0 spiro atoms. The van der Waals surface area contributed by atoms with E-state index in [1.807, 2.05) is 6.92 Å². The predicted molar refractivity (Wildman–Crippen MR) is 74.6 cm³/mol. The molecule has 0 bridgehead atoms. The van der Waals surface area contributed by atoms with E-state index in [2.05, 4.69) is 16.0 Å². The Morgan fingerprint density at radius 3 is 2.40 bits per heavy atom. The number of nitrogens with one attached hydrogen (secondary N) is 3. The number of hydrogen-bond acceptors (Lipinski definition) is 2. The smallest absolute Gasteiger partial charge is 0.315 e. The quantitative estimate of drug-likeness (QED) is 0.709. The van der Waals surface area contributed by atoms with Gasteiger partial charge in [0.15, 0.2) is 0 Å². The SMILES string of the molecule is CCCNC(=O)CCNC(=O)NCc1ccc(F)cc1. The van der Waals surface area contributed by atoms with Gasteiger partial charge in [-0.1, -0.05) is 19.1 Å². The Morgan fingerprint density at radius 2 is 1.75 bits per heavy atom. The molecule has 1 aromatic rings. The third kappa shape index (κ3) is 6.72. The van der Waals surface area contributed by atoms with Gasteiger partial charge < -0.3 is 16.0 Å². The Morgan fingerprint density at radius 1 is 1.05 bits per heavy atom. The molecule has 0 radical (unpaired) electrons. The third-order valence-corrected chi connectivity index (χ3v) is 2.58. The number of amides is 3. The third-order valence-electron chi connectivity index (χ3n) is 2.58. The van der Waals surface area contributed by atoms with Crippen molar-refractivity contribution >= 4 is 11.9 Å². The molecule has 0 aliphatic carbocycles. The van der Waals surface area contributed by atoms with Crippen LogP contribution in [0.25, 0.3) is 0 Å². The van der Waals surface area contributed by atoms with Crippen LogP contribution in [0.15, 0.2) is 24.3 Å². The van der Waals surface area contributed by atoms with Crippen LogP contribution in [-0.4, -0.2) is 25.0 Å². The van der Waals surface area contributed by atoms with Crippen molar-refractivity contribution in [3.8, 4) is 0 Å². The van der Waals surface area contributed by atoms with Gasteiger partial charge in [0.2, 0.25) is 5.91 Å². The fourth-order valence-electron chi connectivity index (χ4n) is 1.49. The van der Waals surface area contributed by atoms with Crippen molar-refractivity contribution < 1.29 is 14.0 Å². The van der Waals surface area contributed by atoms with Gasteiger partial charge in [0.25, 0.3) is 0 Å². The van der Waals surface area contributed by atoms with E-state index in [4.69, 9.17) is 0 Å². The zero-order valence-corrected chi connectivity index (χ0v) is 11.5. The van der Waals surface area contributed by atoms with Crippen molar-refractivity contribution in [1.82, 2.24) is 16.0 Å². The van der Waals surface area contributed by atoms with E-state index in [1.54, 1.807) is 12.1 Å². The van der Waals surface area contributed by atoms with E-state index in [0.717, 1.165) is 12.0 Å². The maximum atomic E-state index is 12.7. The van der Waals surface area contributed by atoms with Crippen LogP contribution in [0.1, 0.15) is 25.3 Å². The first-order chi connectivity index (χ1) is 9.61. The average molecular weight is 281 g/mol. The highest BCUT2D eigenvalue weighted by molar-refractivity contribution is 5.78. The number of urea groups is 1. The maximum Gasteiger partial charge on any atom is 0.315 e. The summed E-state index contributed by atoms with van der Waals surface area (Å²) in [6, 6.07) is 5.54. The second-order valence-electron chi connectivity index (χ2n) is 4.34. The Kier molecular flexibility index (Phi) is 7.10. The summed E-state index contributed by atoms with van der Waals surface area (Å²) in [5, 5.41) is 7.94. The van der Waals surface area contributed by atoms with Crippen molar-refractivity contribution in [2.45, 2.75) is 26.3 Å². The van der Waals surface area contributed by atoms with Gasteiger partial charge in [0, 0.05) is 26.1 Å². The highest BCUT2D eigenvalue weighted by Crippen LogP contribution is 2.01. The van der Waals surface area contributed by atoms with E-state index in [0.29, 0.717) is 13.1 Å². The zero-order chi connectivity index (χ0) is 14.8. The molecular formula is C14H20FN3O2. The summed E-state index contributed by atoms with van der Waals surface area (Å²) in [6.45, 7) is 3.22. The first-order valence-electron chi connectivity index (χ1n) is 6.64. The molecule has 1 rings (SSSR count). The summed E-state index contributed by atoms with van der Waals surface area (Å²) < 4.78 is 12.7. The minimum atomic E-state index is -0.349. The molecule has 5 nitrogen and oxygen atoms in total. The van der Waals surface area contributed by atoms with Gasteiger partial charge in [-0.15, -0.1) is 0 Å². The second-order valence-corrected chi connectivity index (χ2v) is 4.34. The van der Waals surface area contributed by atoms with Crippen LogP contribution < -0.4 is 16.0 Å². The Bertz CT molecular complexity index is 435. The van der Waals surface area contributed by atoms with Crippen LogP contribution >= 0.6 is 0 Å². The lowest BCUT2D eigenvalue weighted by atomic mass is 10.2. The van der Waals surface area contributed by atoms with E-state index in [-0.39, 0.29) is 30.7 Å². The average Bonchev–Trinajstić information content (AvgIpc) is 2.44. The van der Waals surface area contributed by atoms with Crippen LogP contribution in [-0.2, 0) is 11.3 Å². The van der Waals surface area contributed by atoms with Gasteiger partial charge in [-0.3, -0.25) is 4.79 Å². The first kappa shape index (κ1) is 15.9. The maximum absolute atomic E-state index is 12.7. The Labute approximate surface area is 117 Å². The summed E-state index contributed by atoms with van der Waals surface area (Å²) in [4.78, 5) is 22.7. The molecular weight excluding hydrogens is 261 g/mol. The lowest BCUT2D eigenvalue weighted by Gasteiger charge is -2.08. The van der Waals surface area contributed by atoms with Gasteiger partial charge >= 0.3 is 6.03 Å². The molecule has 0 aliphatic rings. The Balaban J connectivity index is 2.14. The van der Waals surface area contributed by atoms with Crippen molar-refractivity contribution in [1.29, 1.82) is 0 Å². The van der Waals surface area contributed by atoms with Crippen LogP contribution in [0.2, 0.25) is 0 Å². The number of hydrogen-bond donors (Lipinski definition) is 3. The van der Waals surface area contributed by atoms with E-state index in [1.165, 1.54) is 12.1 Å². The zero-order valence-electron chi connectivity index (χ0n) is 11.5. The monoisotopic (exact) mass is 281 g/mol. The fourth-order valence-corrected chi connectivity index (χ4v) is 1.49. The van der Waals surface area contributed by atoms with Crippen LogP contribution in [0.4, 0.5) is 9.18 Å². The van der Waals surface area contributed by atoms with Crippen molar-refractivity contribution in [3.63, 3.8) is 0 Å². The van der Waals surface area contributed by atoms with E-state index in [9.17, 15) is 14.0 Å². The lowest BCUT2D eigenvalue weighted by Crippen LogP contribution is -2.37. The molecule has 20 heavy (non-hydrogen) atoms. The van der Waals surface area contributed by atoms with E-state index < -0.39 is 0 Å². The minimum Gasteiger partial charge on any atom is -0.356 e. The van der Waals surface area contributed by atoms with E-state index >= 15 is 0 Å². The van der Waals surface area contributed by atoms with Crippen LogP contribution in [0.3, 0.4) is 0 Å². The van der Waals surface area contributed by atoms with Gasteiger partial charge in [0.1, 0.15) is 5.82 Å². The molecule has 0 heterocycles. The lowest BCUT2D eigenvalue weighted by molar-refractivity contribution is -0.120. The van der Waals surface area contributed by atoms with Gasteiger partial charge in [-0.05, 0) is 24.1 Å². The molecule has 110 valence electrons. The molecule has 3 amide bonds. The molecule has 3 N–H and O–H groups in total. The molecule has 0 atom stereocenters. The largest absolute Gasteiger partial charge is 0.356 e. The summed E-state index contributed by atoms with van der Waals surface area (Å²) >= 11 is 0.